The number of nitrogens with one attached hydrogen (secondary N) is 1. The normalized spacial score (nSPS) is 10.5. The van der Waals surface area contributed by atoms with E-state index in [4.69, 9.17) is 11.6 Å². The van der Waals surface area contributed by atoms with Crippen LogP contribution in [0, 0.1) is 6.92 Å². The Hall–Kier alpha value is -2.66. The molecule has 1 N–H and O–H groups in total. The number of carbonyl (C=O) groups is 1. The summed E-state index contributed by atoms with van der Waals surface area (Å²) in [5, 5.41) is 7.62. The van der Waals surface area contributed by atoms with Crippen LogP contribution in [0.3, 0.4) is 0 Å². The predicted octanol–water partition coefficient (Wildman–Crippen LogP) is 3.54. The summed E-state index contributed by atoms with van der Waals surface area (Å²) in [6, 6.07) is 12.8. The van der Waals surface area contributed by atoms with Crippen molar-refractivity contribution < 1.29 is 4.79 Å². The van der Waals surface area contributed by atoms with E-state index in [0.29, 0.717) is 17.1 Å². The molecular formula is C17H15ClN4O. The molecule has 2 aromatic carbocycles. The van der Waals surface area contributed by atoms with E-state index in [0.717, 1.165) is 16.8 Å². The highest BCUT2D eigenvalue weighted by Crippen LogP contribution is 2.20. The lowest BCUT2D eigenvalue weighted by Crippen LogP contribution is -2.13. The van der Waals surface area contributed by atoms with Gasteiger partial charge in [0.2, 0.25) is 0 Å². The van der Waals surface area contributed by atoms with Crippen LogP contribution in [0.4, 0.5) is 5.69 Å². The van der Waals surface area contributed by atoms with Crippen LogP contribution >= 0.6 is 11.6 Å². The van der Waals surface area contributed by atoms with E-state index in [1.807, 2.05) is 31.2 Å². The molecule has 1 amide bonds. The highest BCUT2D eigenvalue weighted by atomic mass is 35.5. The summed E-state index contributed by atoms with van der Waals surface area (Å²) in [5.41, 5.74) is 3.25. The van der Waals surface area contributed by atoms with Gasteiger partial charge in [0.25, 0.3) is 5.91 Å². The van der Waals surface area contributed by atoms with Gasteiger partial charge >= 0.3 is 0 Å². The molecule has 0 aliphatic carbocycles. The Kier molecular flexibility index (Phi) is 4.39. The van der Waals surface area contributed by atoms with Gasteiger partial charge in [0.15, 0.2) is 0 Å². The topological polar surface area (TPSA) is 59.8 Å². The minimum Gasteiger partial charge on any atom is -0.322 e. The number of hydrogen-bond donors (Lipinski definition) is 1. The first kappa shape index (κ1) is 15.2. The van der Waals surface area contributed by atoms with Gasteiger partial charge in [0.05, 0.1) is 6.54 Å². The standard InChI is InChI=1S/C17H15ClN4O/c1-12-7-15(18)5-6-16(12)21-17(23)14-4-2-3-13(8-14)9-22-11-19-10-20-22/h2-8,10-11H,9H2,1H3,(H,21,23). The lowest BCUT2D eigenvalue weighted by atomic mass is 10.1. The van der Waals surface area contributed by atoms with Crippen molar-refractivity contribution in [3.63, 3.8) is 0 Å². The lowest BCUT2D eigenvalue weighted by Gasteiger charge is -2.10. The van der Waals surface area contributed by atoms with Crippen LogP contribution in [0.5, 0.6) is 0 Å². The molecule has 23 heavy (non-hydrogen) atoms. The summed E-state index contributed by atoms with van der Waals surface area (Å²) in [7, 11) is 0. The first-order valence-electron chi connectivity index (χ1n) is 7.11. The number of nitrogens with zero attached hydrogens (tertiary/aromatic N) is 3. The van der Waals surface area contributed by atoms with E-state index in [1.165, 1.54) is 6.33 Å². The Morgan fingerprint density at radius 1 is 1.26 bits per heavy atom. The van der Waals surface area contributed by atoms with Gasteiger partial charge in [-0.25, -0.2) is 9.67 Å². The first-order valence-corrected chi connectivity index (χ1v) is 7.48. The smallest absolute Gasteiger partial charge is 0.255 e. The van der Waals surface area contributed by atoms with Gasteiger partial charge in [-0.15, -0.1) is 0 Å². The van der Waals surface area contributed by atoms with Gasteiger partial charge in [0, 0.05) is 16.3 Å². The van der Waals surface area contributed by atoms with Crippen molar-refractivity contribution in [1.82, 2.24) is 14.8 Å². The second kappa shape index (κ2) is 6.62. The Bertz CT molecular complexity index is 830. The van der Waals surface area contributed by atoms with Crippen molar-refractivity contribution in [1.29, 1.82) is 0 Å². The largest absolute Gasteiger partial charge is 0.322 e. The van der Waals surface area contributed by atoms with Crippen LogP contribution in [0.15, 0.2) is 55.1 Å². The third-order valence-electron chi connectivity index (χ3n) is 3.44. The Morgan fingerprint density at radius 3 is 2.87 bits per heavy atom. The highest BCUT2D eigenvalue weighted by molar-refractivity contribution is 6.30. The summed E-state index contributed by atoms with van der Waals surface area (Å²) in [4.78, 5) is 16.3. The summed E-state index contributed by atoms with van der Waals surface area (Å²) in [6.07, 6.45) is 3.13. The number of aromatic nitrogens is 3. The average molecular weight is 327 g/mol. The number of aryl methyl sites for hydroxylation is 1. The second-order valence-electron chi connectivity index (χ2n) is 5.21. The number of hydrogen-bond acceptors (Lipinski definition) is 3. The maximum atomic E-state index is 12.4. The van der Waals surface area contributed by atoms with Gasteiger partial charge < -0.3 is 5.32 Å². The first-order chi connectivity index (χ1) is 11.1. The SMILES string of the molecule is Cc1cc(Cl)ccc1NC(=O)c1cccc(Cn2cncn2)c1. The predicted molar refractivity (Wildman–Crippen MR) is 89.7 cm³/mol. The maximum Gasteiger partial charge on any atom is 0.255 e. The Labute approximate surface area is 138 Å². The molecule has 3 rings (SSSR count). The molecule has 0 unspecified atom stereocenters. The molecule has 6 heteroatoms. The van der Waals surface area contributed by atoms with Crippen molar-refractivity contribution in [2.75, 3.05) is 5.32 Å². The van der Waals surface area contributed by atoms with Crippen molar-refractivity contribution in [2.24, 2.45) is 0 Å². The zero-order valence-electron chi connectivity index (χ0n) is 12.5. The molecule has 3 aromatic rings. The fourth-order valence-electron chi connectivity index (χ4n) is 2.27. The minimum atomic E-state index is -0.157. The van der Waals surface area contributed by atoms with Crippen LogP contribution in [-0.2, 0) is 6.54 Å². The van der Waals surface area contributed by atoms with Gasteiger partial charge in [-0.05, 0) is 48.4 Å². The third-order valence-corrected chi connectivity index (χ3v) is 3.67. The third kappa shape index (κ3) is 3.76. The molecule has 0 radical (unpaired) electrons. The van der Waals surface area contributed by atoms with Crippen LogP contribution in [-0.4, -0.2) is 20.7 Å². The molecular weight excluding hydrogens is 312 g/mol. The van der Waals surface area contributed by atoms with E-state index in [-0.39, 0.29) is 5.91 Å². The van der Waals surface area contributed by atoms with E-state index in [2.05, 4.69) is 15.4 Å². The zero-order valence-corrected chi connectivity index (χ0v) is 13.3. The van der Waals surface area contributed by atoms with Crippen molar-refractivity contribution >= 4 is 23.2 Å². The molecule has 0 bridgehead atoms. The number of rotatable bonds is 4. The molecule has 1 aromatic heterocycles. The Balaban J connectivity index is 1.77. The van der Waals surface area contributed by atoms with Crippen LogP contribution < -0.4 is 5.32 Å². The maximum absolute atomic E-state index is 12.4. The van der Waals surface area contributed by atoms with Gasteiger partial charge in [-0.2, -0.15) is 5.10 Å². The zero-order chi connectivity index (χ0) is 16.2. The molecule has 0 saturated heterocycles. The van der Waals surface area contributed by atoms with Crippen LogP contribution in [0.25, 0.3) is 0 Å². The molecule has 116 valence electrons. The van der Waals surface area contributed by atoms with Crippen LogP contribution in [0.2, 0.25) is 5.02 Å². The van der Waals surface area contributed by atoms with Gasteiger partial charge in [0.1, 0.15) is 12.7 Å². The fourth-order valence-corrected chi connectivity index (χ4v) is 2.50. The Morgan fingerprint density at radius 2 is 2.13 bits per heavy atom. The van der Waals surface area contributed by atoms with Crippen molar-refractivity contribution in [3.8, 4) is 0 Å². The van der Waals surface area contributed by atoms with E-state index in [1.54, 1.807) is 29.2 Å². The molecule has 1 heterocycles. The van der Waals surface area contributed by atoms with E-state index >= 15 is 0 Å². The van der Waals surface area contributed by atoms with Crippen molar-refractivity contribution in [3.05, 3.63) is 76.8 Å². The summed E-state index contributed by atoms with van der Waals surface area (Å²) < 4.78 is 1.71. The van der Waals surface area contributed by atoms with E-state index < -0.39 is 0 Å². The van der Waals surface area contributed by atoms with Crippen molar-refractivity contribution in [2.45, 2.75) is 13.5 Å². The van der Waals surface area contributed by atoms with Gasteiger partial charge in [-0.3, -0.25) is 4.79 Å². The molecule has 0 saturated carbocycles. The average Bonchev–Trinajstić information content (AvgIpc) is 3.03. The van der Waals surface area contributed by atoms with E-state index in [9.17, 15) is 4.79 Å². The second-order valence-corrected chi connectivity index (χ2v) is 5.64. The van der Waals surface area contributed by atoms with Crippen LogP contribution in [0.1, 0.15) is 21.5 Å². The molecule has 0 aliphatic rings. The summed E-state index contributed by atoms with van der Waals surface area (Å²) in [6.45, 7) is 2.48. The highest BCUT2D eigenvalue weighted by Gasteiger charge is 2.09. The molecule has 0 fully saturated rings. The fraction of sp³-hybridized carbons (Fsp3) is 0.118. The number of carbonyl (C=O) groups excluding carboxylic acids is 1. The summed E-state index contributed by atoms with van der Waals surface area (Å²) in [5.74, 6) is -0.157. The molecule has 0 spiro atoms. The minimum absolute atomic E-state index is 0.157. The number of amides is 1. The molecule has 0 aliphatic heterocycles. The monoisotopic (exact) mass is 326 g/mol. The van der Waals surface area contributed by atoms with Gasteiger partial charge in [-0.1, -0.05) is 23.7 Å². The number of anilines is 1. The lowest BCUT2D eigenvalue weighted by molar-refractivity contribution is 0.102. The number of benzene rings is 2. The molecule has 0 atom stereocenters. The number of halogens is 1. The quantitative estimate of drug-likeness (QED) is 0.797. The summed E-state index contributed by atoms with van der Waals surface area (Å²) >= 11 is 5.93. The molecule has 5 nitrogen and oxygen atoms in total.